The Balaban J connectivity index is 1.64. The third kappa shape index (κ3) is 2.54. The highest BCUT2D eigenvalue weighted by Crippen LogP contribution is 2.48. The van der Waals surface area contributed by atoms with Crippen LogP contribution in [0.1, 0.15) is 46.5 Å². The first-order valence-corrected chi connectivity index (χ1v) is 6.97. The number of amides is 1. The van der Waals surface area contributed by atoms with E-state index in [-0.39, 0.29) is 17.4 Å². The Morgan fingerprint density at radius 1 is 1.56 bits per heavy atom. The van der Waals surface area contributed by atoms with Crippen LogP contribution in [-0.2, 0) is 8.98 Å². The second-order valence-electron chi connectivity index (χ2n) is 5.36. The third-order valence-corrected chi connectivity index (χ3v) is 4.63. The standard InChI is InChI=1S/C12H21NO2S/c1-4-9-7-10(9)11(14)13-16-15-12(5-6-12)8(2)3/h8-10H,4-7H2,1-3H3,(H,13,14)/t9-,10+/m1/s1. The first-order valence-electron chi connectivity index (χ1n) is 6.23. The van der Waals surface area contributed by atoms with Gasteiger partial charge in [0, 0.05) is 5.92 Å². The smallest absolute Gasteiger partial charge is 0.234 e. The van der Waals surface area contributed by atoms with Crippen LogP contribution in [0, 0.1) is 17.8 Å². The van der Waals surface area contributed by atoms with Crippen molar-refractivity contribution in [3.63, 3.8) is 0 Å². The summed E-state index contributed by atoms with van der Waals surface area (Å²) in [5.74, 6) is 1.54. The lowest BCUT2D eigenvalue weighted by Crippen LogP contribution is -2.24. The van der Waals surface area contributed by atoms with Gasteiger partial charge in [0.05, 0.1) is 5.60 Å². The minimum atomic E-state index is 0.0334. The molecule has 16 heavy (non-hydrogen) atoms. The SMILES string of the molecule is CC[C@@H]1C[C@@H]1C(=O)NSOC1(C(C)C)CC1. The van der Waals surface area contributed by atoms with Crippen LogP contribution >= 0.6 is 12.2 Å². The zero-order valence-corrected chi connectivity index (χ0v) is 11.1. The third-order valence-electron chi connectivity index (χ3n) is 3.93. The van der Waals surface area contributed by atoms with Crippen molar-refractivity contribution in [2.75, 3.05) is 0 Å². The molecule has 2 aliphatic rings. The lowest BCUT2D eigenvalue weighted by atomic mass is 10.1. The van der Waals surface area contributed by atoms with Gasteiger partial charge >= 0.3 is 0 Å². The molecule has 0 aromatic carbocycles. The topological polar surface area (TPSA) is 38.3 Å². The quantitative estimate of drug-likeness (QED) is 0.576. The molecule has 2 saturated carbocycles. The number of nitrogens with one attached hydrogen (secondary N) is 1. The minimum absolute atomic E-state index is 0.0334. The zero-order valence-electron chi connectivity index (χ0n) is 10.3. The van der Waals surface area contributed by atoms with E-state index in [4.69, 9.17) is 4.18 Å². The Morgan fingerprint density at radius 3 is 2.69 bits per heavy atom. The van der Waals surface area contributed by atoms with E-state index >= 15 is 0 Å². The molecule has 4 heteroatoms. The highest BCUT2D eigenvalue weighted by molar-refractivity contribution is 7.93. The number of rotatable bonds is 6. The summed E-state index contributed by atoms with van der Waals surface area (Å²) in [5.41, 5.74) is 0.0334. The lowest BCUT2D eigenvalue weighted by molar-refractivity contribution is -0.120. The van der Waals surface area contributed by atoms with E-state index < -0.39 is 0 Å². The second-order valence-corrected chi connectivity index (χ2v) is 5.90. The zero-order chi connectivity index (χ0) is 11.8. The van der Waals surface area contributed by atoms with Crippen LogP contribution in [0.15, 0.2) is 0 Å². The van der Waals surface area contributed by atoms with Crippen LogP contribution < -0.4 is 4.72 Å². The van der Waals surface area contributed by atoms with Crippen molar-refractivity contribution in [2.45, 2.75) is 52.1 Å². The van der Waals surface area contributed by atoms with Crippen molar-refractivity contribution in [1.82, 2.24) is 4.72 Å². The number of carbonyl (C=O) groups excluding carboxylic acids is 1. The van der Waals surface area contributed by atoms with Crippen molar-refractivity contribution < 1.29 is 8.98 Å². The first kappa shape index (κ1) is 12.2. The predicted octanol–water partition coefficient (Wildman–Crippen LogP) is 2.92. The van der Waals surface area contributed by atoms with Gasteiger partial charge in [-0.15, -0.1) is 0 Å². The molecule has 0 saturated heterocycles. The molecule has 0 bridgehead atoms. The molecule has 0 spiro atoms. The van der Waals surface area contributed by atoms with Gasteiger partial charge in [0.25, 0.3) is 0 Å². The van der Waals surface area contributed by atoms with E-state index in [2.05, 4.69) is 25.5 Å². The molecule has 0 radical (unpaired) electrons. The molecule has 2 fully saturated rings. The van der Waals surface area contributed by atoms with Gasteiger partial charge < -0.3 is 0 Å². The molecule has 1 N–H and O–H groups in total. The maximum atomic E-state index is 11.6. The van der Waals surface area contributed by atoms with Gasteiger partial charge in [-0.2, -0.15) is 0 Å². The molecule has 2 atom stereocenters. The van der Waals surface area contributed by atoms with Gasteiger partial charge in [-0.05, 0) is 31.1 Å². The van der Waals surface area contributed by atoms with Gasteiger partial charge in [-0.3, -0.25) is 13.7 Å². The molecular formula is C12H21NO2S. The van der Waals surface area contributed by atoms with Crippen LogP contribution in [0.25, 0.3) is 0 Å². The van der Waals surface area contributed by atoms with Crippen LogP contribution in [0.4, 0.5) is 0 Å². The number of carbonyl (C=O) groups is 1. The molecule has 2 aliphatic carbocycles. The highest BCUT2D eigenvalue weighted by Gasteiger charge is 2.48. The normalized spacial score (nSPS) is 30.2. The molecule has 0 aromatic rings. The van der Waals surface area contributed by atoms with Crippen molar-refractivity contribution in [3.05, 3.63) is 0 Å². The van der Waals surface area contributed by atoms with Gasteiger partial charge in [0.2, 0.25) is 5.91 Å². The summed E-state index contributed by atoms with van der Waals surface area (Å²) in [7, 11) is 0. The highest BCUT2D eigenvalue weighted by atomic mass is 32.2. The summed E-state index contributed by atoms with van der Waals surface area (Å²) in [6, 6.07) is 0. The molecule has 92 valence electrons. The second kappa shape index (κ2) is 4.57. The van der Waals surface area contributed by atoms with Crippen molar-refractivity contribution >= 4 is 18.1 Å². The molecule has 2 rings (SSSR count). The summed E-state index contributed by atoms with van der Waals surface area (Å²) >= 11 is 1.14. The maximum Gasteiger partial charge on any atom is 0.234 e. The van der Waals surface area contributed by atoms with Gasteiger partial charge in [0.1, 0.15) is 12.2 Å². The average Bonchev–Trinajstić information content (AvgIpc) is 3.12. The van der Waals surface area contributed by atoms with Crippen molar-refractivity contribution in [3.8, 4) is 0 Å². The fourth-order valence-corrected chi connectivity index (χ4v) is 2.92. The Bertz CT molecular complexity index is 276. The maximum absolute atomic E-state index is 11.6. The molecule has 1 amide bonds. The van der Waals surface area contributed by atoms with E-state index in [1.807, 2.05) is 0 Å². The van der Waals surface area contributed by atoms with Crippen LogP contribution in [-0.4, -0.2) is 11.5 Å². The van der Waals surface area contributed by atoms with Gasteiger partial charge in [0.15, 0.2) is 0 Å². The largest absolute Gasteiger partial charge is 0.290 e. The van der Waals surface area contributed by atoms with E-state index in [9.17, 15) is 4.79 Å². The lowest BCUT2D eigenvalue weighted by Gasteiger charge is -2.18. The van der Waals surface area contributed by atoms with Crippen LogP contribution in [0.5, 0.6) is 0 Å². The van der Waals surface area contributed by atoms with E-state index in [1.54, 1.807) is 0 Å². The van der Waals surface area contributed by atoms with Crippen LogP contribution in [0.2, 0.25) is 0 Å². The summed E-state index contributed by atoms with van der Waals surface area (Å²) < 4.78 is 8.52. The monoisotopic (exact) mass is 243 g/mol. The van der Waals surface area contributed by atoms with Gasteiger partial charge in [-0.25, -0.2) is 0 Å². The Hall–Kier alpha value is -0.220. The molecule has 0 heterocycles. The molecular weight excluding hydrogens is 222 g/mol. The molecule has 0 aliphatic heterocycles. The first-order chi connectivity index (χ1) is 7.59. The molecule has 3 nitrogen and oxygen atoms in total. The summed E-state index contributed by atoms with van der Waals surface area (Å²) in [5, 5.41) is 0. The number of hydrogen-bond donors (Lipinski definition) is 1. The molecule has 0 unspecified atom stereocenters. The summed E-state index contributed by atoms with van der Waals surface area (Å²) in [6.45, 7) is 6.48. The Morgan fingerprint density at radius 2 is 2.25 bits per heavy atom. The average molecular weight is 243 g/mol. The van der Waals surface area contributed by atoms with E-state index in [1.165, 1.54) is 0 Å². The molecule has 0 aromatic heterocycles. The van der Waals surface area contributed by atoms with E-state index in [0.29, 0.717) is 11.8 Å². The van der Waals surface area contributed by atoms with E-state index in [0.717, 1.165) is 37.9 Å². The summed E-state index contributed by atoms with van der Waals surface area (Å²) in [4.78, 5) is 11.6. The minimum Gasteiger partial charge on any atom is -0.290 e. The fraction of sp³-hybridized carbons (Fsp3) is 0.917. The van der Waals surface area contributed by atoms with Crippen molar-refractivity contribution in [1.29, 1.82) is 0 Å². The van der Waals surface area contributed by atoms with Gasteiger partial charge in [-0.1, -0.05) is 27.2 Å². The Labute approximate surface area is 102 Å². The number of hydrogen-bond acceptors (Lipinski definition) is 3. The van der Waals surface area contributed by atoms with Crippen LogP contribution in [0.3, 0.4) is 0 Å². The Kier molecular flexibility index (Phi) is 3.50. The summed E-state index contributed by atoms with van der Waals surface area (Å²) in [6.07, 6.45) is 4.40. The van der Waals surface area contributed by atoms with Crippen molar-refractivity contribution in [2.24, 2.45) is 17.8 Å². The predicted molar refractivity (Wildman–Crippen MR) is 65.5 cm³/mol. The fourth-order valence-electron chi connectivity index (χ4n) is 2.12.